The fourth-order valence-corrected chi connectivity index (χ4v) is 3.77. The van der Waals surface area contributed by atoms with Crippen LogP contribution in [0, 0.1) is 0 Å². The summed E-state index contributed by atoms with van der Waals surface area (Å²) >= 11 is 11.5. The third kappa shape index (κ3) is 4.22. The molecule has 152 valence electrons. The van der Waals surface area contributed by atoms with Crippen molar-refractivity contribution in [3.05, 3.63) is 83.8 Å². The van der Waals surface area contributed by atoms with Crippen LogP contribution in [0.2, 0.25) is 5.02 Å². The van der Waals surface area contributed by atoms with E-state index in [1.54, 1.807) is 47.6 Å². The normalized spacial score (nSPS) is 16.0. The average Bonchev–Trinajstić information content (AvgIpc) is 3.35. The van der Waals surface area contributed by atoms with Crippen LogP contribution in [0.25, 0.3) is 0 Å². The minimum Gasteiger partial charge on any atom is -0.467 e. The van der Waals surface area contributed by atoms with Crippen molar-refractivity contribution >= 4 is 52.1 Å². The number of imide groups is 1. The SMILES string of the molecule is O=C1C[C@H](N(Cc2ccco2)C(=S)Nc2ccccc2)C(=O)N1c1ccc(Cl)cc1. The minimum atomic E-state index is -0.748. The van der Waals surface area contributed by atoms with Crippen LogP contribution in [0.1, 0.15) is 12.2 Å². The lowest BCUT2D eigenvalue weighted by atomic mass is 10.2. The van der Waals surface area contributed by atoms with Crippen molar-refractivity contribution in [2.24, 2.45) is 0 Å². The Bertz CT molecular complexity index is 1060. The molecule has 0 saturated carbocycles. The second kappa shape index (κ2) is 8.69. The molecular weight excluding hydrogens is 422 g/mol. The van der Waals surface area contributed by atoms with Gasteiger partial charge in [-0.25, -0.2) is 4.90 Å². The number of halogens is 1. The van der Waals surface area contributed by atoms with E-state index in [1.807, 2.05) is 30.3 Å². The van der Waals surface area contributed by atoms with Gasteiger partial charge in [-0.15, -0.1) is 0 Å². The molecule has 30 heavy (non-hydrogen) atoms. The summed E-state index contributed by atoms with van der Waals surface area (Å²) in [5.41, 5.74) is 1.27. The predicted molar refractivity (Wildman–Crippen MR) is 119 cm³/mol. The van der Waals surface area contributed by atoms with Gasteiger partial charge in [-0.3, -0.25) is 9.59 Å². The number of nitrogens with zero attached hydrogens (tertiary/aromatic N) is 2. The molecule has 1 aromatic heterocycles. The van der Waals surface area contributed by atoms with Crippen LogP contribution in [0.4, 0.5) is 11.4 Å². The Morgan fingerprint density at radius 3 is 2.50 bits per heavy atom. The van der Waals surface area contributed by atoms with E-state index in [4.69, 9.17) is 28.2 Å². The molecule has 2 heterocycles. The van der Waals surface area contributed by atoms with Crippen molar-refractivity contribution < 1.29 is 14.0 Å². The Morgan fingerprint density at radius 2 is 1.83 bits per heavy atom. The fraction of sp³-hybridized carbons (Fsp3) is 0.136. The zero-order valence-corrected chi connectivity index (χ0v) is 17.4. The Labute approximate surface area is 184 Å². The largest absolute Gasteiger partial charge is 0.467 e. The predicted octanol–water partition coefficient (Wildman–Crippen LogP) is 4.46. The van der Waals surface area contributed by atoms with Crippen LogP contribution < -0.4 is 10.2 Å². The van der Waals surface area contributed by atoms with Gasteiger partial charge < -0.3 is 14.6 Å². The van der Waals surface area contributed by atoms with E-state index in [0.29, 0.717) is 21.6 Å². The number of furan rings is 1. The maximum Gasteiger partial charge on any atom is 0.257 e. The van der Waals surface area contributed by atoms with Crippen LogP contribution in [0.15, 0.2) is 77.4 Å². The number of benzene rings is 2. The lowest BCUT2D eigenvalue weighted by Crippen LogP contribution is -2.46. The second-order valence-corrected chi connectivity index (χ2v) is 7.59. The topological polar surface area (TPSA) is 65.8 Å². The van der Waals surface area contributed by atoms with E-state index in [0.717, 1.165) is 5.69 Å². The molecular formula is C22H18ClN3O3S. The summed E-state index contributed by atoms with van der Waals surface area (Å²) < 4.78 is 5.46. The number of hydrogen-bond donors (Lipinski definition) is 1. The van der Waals surface area contributed by atoms with E-state index in [2.05, 4.69) is 5.32 Å². The molecule has 6 nitrogen and oxygen atoms in total. The van der Waals surface area contributed by atoms with Crippen LogP contribution in [-0.4, -0.2) is 27.9 Å². The molecule has 0 spiro atoms. The van der Waals surface area contributed by atoms with Gasteiger partial charge in [-0.2, -0.15) is 0 Å². The zero-order chi connectivity index (χ0) is 21.1. The van der Waals surface area contributed by atoms with E-state index in [-0.39, 0.29) is 24.8 Å². The molecule has 1 atom stereocenters. The van der Waals surface area contributed by atoms with Gasteiger partial charge in [0.25, 0.3) is 5.91 Å². The first-order chi connectivity index (χ1) is 14.5. The van der Waals surface area contributed by atoms with Crippen LogP contribution in [0.3, 0.4) is 0 Å². The van der Waals surface area contributed by atoms with Gasteiger partial charge >= 0.3 is 0 Å². The van der Waals surface area contributed by atoms with Gasteiger partial charge in [0.05, 0.1) is 24.9 Å². The Kier molecular flexibility index (Phi) is 5.83. The maximum absolute atomic E-state index is 13.2. The summed E-state index contributed by atoms with van der Waals surface area (Å²) in [4.78, 5) is 28.8. The van der Waals surface area contributed by atoms with Crippen LogP contribution >= 0.6 is 23.8 Å². The Morgan fingerprint density at radius 1 is 1.10 bits per heavy atom. The highest BCUT2D eigenvalue weighted by atomic mass is 35.5. The first-order valence-electron chi connectivity index (χ1n) is 9.30. The number of nitrogens with one attached hydrogen (secondary N) is 1. The molecule has 1 fully saturated rings. The van der Waals surface area contributed by atoms with Gasteiger partial charge in [-0.05, 0) is 60.7 Å². The number of carbonyl (C=O) groups is 2. The third-order valence-electron chi connectivity index (χ3n) is 4.78. The smallest absolute Gasteiger partial charge is 0.257 e. The molecule has 4 rings (SSSR count). The molecule has 2 aromatic carbocycles. The van der Waals surface area contributed by atoms with Crippen LogP contribution in [-0.2, 0) is 16.1 Å². The van der Waals surface area contributed by atoms with Gasteiger partial charge in [0, 0.05) is 10.7 Å². The molecule has 0 aliphatic carbocycles. The van der Waals surface area contributed by atoms with Crippen molar-refractivity contribution in [1.82, 2.24) is 4.90 Å². The van der Waals surface area contributed by atoms with Gasteiger partial charge in [0.2, 0.25) is 5.91 Å². The Balaban J connectivity index is 1.61. The van der Waals surface area contributed by atoms with E-state index in [1.165, 1.54) is 4.90 Å². The summed E-state index contributed by atoms with van der Waals surface area (Å²) in [5, 5.41) is 4.01. The highest BCUT2D eigenvalue weighted by molar-refractivity contribution is 7.80. The number of amides is 2. The van der Waals surface area contributed by atoms with E-state index in [9.17, 15) is 9.59 Å². The minimum absolute atomic E-state index is 0.0127. The standard InChI is InChI=1S/C22H18ClN3O3S/c23-15-8-10-17(11-9-15)26-20(27)13-19(21(26)28)25(14-18-7-4-12-29-18)22(30)24-16-5-2-1-3-6-16/h1-12,19H,13-14H2,(H,24,30)/t19-/m0/s1. The van der Waals surface area contributed by atoms with Gasteiger partial charge in [0.1, 0.15) is 11.8 Å². The monoisotopic (exact) mass is 439 g/mol. The quantitative estimate of drug-likeness (QED) is 0.467. The summed E-state index contributed by atoms with van der Waals surface area (Å²) in [6, 6.07) is 18.8. The third-order valence-corrected chi connectivity index (χ3v) is 5.36. The molecule has 8 heteroatoms. The maximum atomic E-state index is 13.2. The number of para-hydroxylation sites is 1. The molecule has 0 bridgehead atoms. The summed E-state index contributed by atoms with van der Waals surface area (Å²) in [6.07, 6.45) is 1.57. The zero-order valence-electron chi connectivity index (χ0n) is 15.8. The molecule has 0 radical (unpaired) electrons. The Hall–Kier alpha value is -3.16. The lowest BCUT2D eigenvalue weighted by molar-refractivity contribution is -0.122. The molecule has 1 aliphatic rings. The summed E-state index contributed by atoms with van der Waals surface area (Å²) in [5.74, 6) is 0.00257. The summed E-state index contributed by atoms with van der Waals surface area (Å²) in [7, 11) is 0. The number of thiocarbonyl (C=S) groups is 1. The molecule has 0 unspecified atom stereocenters. The molecule has 1 N–H and O–H groups in total. The van der Waals surface area contributed by atoms with E-state index < -0.39 is 6.04 Å². The highest BCUT2D eigenvalue weighted by Gasteiger charge is 2.43. The molecule has 1 aliphatic heterocycles. The second-order valence-electron chi connectivity index (χ2n) is 6.77. The first kappa shape index (κ1) is 20.1. The van der Waals surface area contributed by atoms with Crippen LogP contribution in [0.5, 0.6) is 0 Å². The van der Waals surface area contributed by atoms with Crippen molar-refractivity contribution in [2.45, 2.75) is 19.0 Å². The molecule has 3 aromatic rings. The van der Waals surface area contributed by atoms with E-state index >= 15 is 0 Å². The van der Waals surface area contributed by atoms with Gasteiger partial charge in [-0.1, -0.05) is 29.8 Å². The average molecular weight is 440 g/mol. The van der Waals surface area contributed by atoms with Crippen molar-refractivity contribution in [3.8, 4) is 0 Å². The first-order valence-corrected chi connectivity index (χ1v) is 10.1. The number of carbonyl (C=O) groups excluding carboxylic acids is 2. The highest BCUT2D eigenvalue weighted by Crippen LogP contribution is 2.28. The van der Waals surface area contributed by atoms with Crippen molar-refractivity contribution in [1.29, 1.82) is 0 Å². The lowest BCUT2D eigenvalue weighted by Gasteiger charge is -2.29. The number of hydrogen-bond acceptors (Lipinski definition) is 4. The number of rotatable bonds is 5. The fourth-order valence-electron chi connectivity index (χ4n) is 3.33. The van der Waals surface area contributed by atoms with Crippen molar-refractivity contribution in [3.63, 3.8) is 0 Å². The molecule has 1 saturated heterocycles. The number of anilines is 2. The summed E-state index contributed by atoms with van der Waals surface area (Å²) in [6.45, 7) is 0.254. The van der Waals surface area contributed by atoms with Crippen molar-refractivity contribution in [2.75, 3.05) is 10.2 Å². The van der Waals surface area contributed by atoms with Gasteiger partial charge in [0.15, 0.2) is 5.11 Å². The molecule has 2 amide bonds.